The number of aliphatic hydroxyl groups is 1. The predicted octanol–water partition coefficient (Wildman–Crippen LogP) is 2.23. The Morgan fingerprint density at radius 2 is 1.88 bits per heavy atom. The van der Waals surface area contributed by atoms with E-state index < -0.39 is 0 Å². The molecule has 2 aliphatic rings. The average molecular weight is 239 g/mol. The van der Waals surface area contributed by atoms with Crippen molar-refractivity contribution in [3.63, 3.8) is 0 Å². The molecule has 2 aliphatic carbocycles. The van der Waals surface area contributed by atoms with Gasteiger partial charge in [0.15, 0.2) is 0 Å². The van der Waals surface area contributed by atoms with Crippen LogP contribution in [0, 0.1) is 11.3 Å². The molecular formula is C14H25NO2. The van der Waals surface area contributed by atoms with Gasteiger partial charge in [0, 0.05) is 17.9 Å². The predicted molar refractivity (Wildman–Crippen MR) is 67.5 cm³/mol. The van der Waals surface area contributed by atoms with Crippen molar-refractivity contribution in [1.29, 1.82) is 0 Å². The zero-order valence-corrected chi connectivity index (χ0v) is 10.9. The van der Waals surface area contributed by atoms with Gasteiger partial charge >= 0.3 is 0 Å². The molecule has 0 radical (unpaired) electrons. The Hall–Kier alpha value is -0.570. The van der Waals surface area contributed by atoms with Crippen molar-refractivity contribution in [3.8, 4) is 0 Å². The first-order valence-corrected chi connectivity index (χ1v) is 7.08. The van der Waals surface area contributed by atoms with Gasteiger partial charge in [-0.3, -0.25) is 4.79 Å². The maximum Gasteiger partial charge on any atom is 0.225 e. The van der Waals surface area contributed by atoms with Crippen LogP contribution in [0.1, 0.15) is 58.3 Å². The SMILES string of the molecule is CC1(C(=O)NCC2CCCCC2O)CCCC1. The van der Waals surface area contributed by atoms with Crippen molar-refractivity contribution in [2.45, 2.75) is 64.4 Å². The second kappa shape index (κ2) is 5.38. The second-order valence-corrected chi connectivity index (χ2v) is 6.09. The quantitative estimate of drug-likeness (QED) is 0.793. The van der Waals surface area contributed by atoms with Crippen molar-refractivity contribution in [3.05, 3.63) is 0 Å². The maximum absolute atomic E-state index is 12.1. The third-order valence-corrected chi connectivity index (χ3v) is 4.65. The number of aliphatic hydroxyl groups excluding tert-OH is 1. The van der Waals surface area contributed by atoms with E-state index in [2.05, 4.69) is 12.2 Å². The fraction of sp³-hybridized carbons (Fsp3) is 0.929. The van der Waals surface area contributed by atoms with E-state index in [1.54, 1.807) is 0 Å². The van der Waals surface area contributed by atoms with Gasteiger partial charge in [0.1, 0.15) is 0 Å². The summed E-state index contributed by atoms with van der Waals surface area (Å²) in [4.78, 5) is 12.1. The Kier molecular flexibility index (Phi) is 4.08. The van der Waals surface area contributed by atoms with Gasteiger partial charge in [0.25, 0.3) is 0 Å². The molecule has 0 heterocycles. The fourth-order valence-corrected chi connectivity index (χ4v) is 3.25. The smallest absolute Gasteiger partial charge is 0.225 e. The van der Waals surface area contributed by atoms with Crippen LogP contribution in [-0.4, -0.2) is 23.7 Å². The van der Waals surface area contributed by atoms with Crippen LogP contribution in [0.3, 0.4) is 0 Å². The molecule has 2 saturated carbocycles. The standard InChI is InChI=1S/C14H25NO2/c1-14(8-4-5-9-14)13(17)15-10-11-6-2-3-7-12(11)16/h11-12,16H,2-10H2,1H3,(H,15,17). The van der Waals surface area contributed by atoms with Crippen LogP contribution in [0.25, 0.3) is 0 Å². The number of hydrogen-bond donors (Lipinski definition) is 2. The molecule has 2 N–H and O–H groups in total. The van der Waals surface area contributed by atoms with Gasteiger partial charge in [-0.1, -0.05) is 32.6 Å². The Bertz CT molecular complexity index is 271. The molecule has 1 amide bonds. The normalized spacial score (nSPS) is 32.4. The van der Waals surface area contributed by atoms with Gasteiger partial charge in [-0.05, 0) is 25.7 Å². The molecule has 0 spiro atoms. The van der Waals surface area contributed by atoms with E-state index in [9.17, 15) is 9.90 Å². The minimum absolute atomic E-state index is 0.139. The number of rotatable bonds is 3. The lowest BCUT2D eigenvalue weighted by Gasteiger charge is -2.29. The second-order valence-electron chi connectivity index (χ2n) is 6.09. The number of nitrogens with one attached hydrogen (secondary N) is 1. The molecule has 0 aromatic rings. The summed E-state index contributed by atoms with van der Waals surface area (Å²) < 4.78 is 0. The lowest BCUT2D eigenvalue weighted by molar-refractivity contribution is -0.130. The van der Waals surface area contributed by atoms with E-state index in [1.807, 2.05) is 0 Å². The van der Waals surface area contributed by atoms with Crippen LogP contribution >= 0.6 is 0 Å². The summed E-state index contributed by atoms with van der Waals surface area (Å²) in [5, 5.41) is 12.9. The van der Waals surface area contributed by atoms with Crippen molar-refractivity contribution in [2.24, 2.45) is 11.3 Å². The third-order valence-electron chi connectivity index (χ3n) is 4.65. The highest BCUT2D eigenvalue weighted by Crippen LogP contribution is 2.37. The molecular weight excluding hydrogens is 214 g/mol. The molecule has 2 fully saturated rings. The van der Waals surface area contributed by atoms with E-state index in [4.69, 9.17) is 0 Å². The molecule has 2 unspecified atom stereocenters. The molecule has 0 saturated heterocycles. The highest BCUT2D eigenvalue weighted by atomic mass is 16.3. The monoisotopic (exact) mass is 239 g/mol. The zero-order chi connectivity index (χ0) is 12.3. The summed E-state index contributed by atoms with van der Waals surface area (Å²) in [6.45, 7) is 2.74. The summed E-state index contributed by atoms with van der Waals surface area (Å²) in [6.07, 6.45) is 8.46. The van der Waals surface area contributed by atoms with Crippen LogP contribution in [0.2, 0.25) is 0 Å². The minimum atomic E-state index is -0.208. The van der Waals surface area contributed by atoms with Crippen LogP contribution in [-0.2, 0) is 4.79 Å². The van der Waals surface area contributed by atoms with E-state index in [0.29, 0.717) is 6.54 Å². The maximum atomic E-state index is 12.1. The van der Waals surface area contributed by atoms with Gasteiger partial charge in [-0.2, -0.15) is 0 Å². The molecule has 3 nitrogen and oxygen atoms in total. The molecule has 0 aliphatic heterocycles. The molecule has 3 heteroatoms. The zero-order valence-electron chi connectivity index (χ0n) is 10.9. The van der Waals surface area contributed by atoms with E-state index in [1.165, 1.54) is 19.3 Å². The molecule has 0 aromatic carbocycles. The summed E-state index contributed by atoms with van der Waals surface area (Å²) in [5.41, 5.74) is -0.139. The molecule has 2 atom stereocenters. The Morgan fingerprint density at radius 3 is 2.53 bits per heavy atom. The van der Waals surface area contributed by atoms with Crippen LogP contribution < -0.4 is 5.32 Å². The largest absolute Gasteiger partial charge is 0.393 e. The van der Waals surface area contributed by atoms with Crippen molar-refractivity contribution in [1.82, 2.24) is 5.32 Å². The summed E-state index contributed by atoms with van der Waals surface area (Å²) in [5.74, 6) is 0.477. The topological polar surface area (TPSA) is 49.3 Å². The van der Waals surface area contributed by atoms with E-state index >= 15 is 0 Å². The first-order valence-electron chi connectivity index (χ1n) is 7.08. The van der Waals surface area contributed by atoms with Gasteiger partial charge in [0.05, 0.1) is 6.10 Å². The first kappa shape index (κ1) is 12.9. The fourth-order valence-electron chi connectivity index (χ4n) is 3.25. The van der Waals surface area contributed by atoms with Crippen molar-refractivity contribution in [2.75, 3.05) is 6.54 Å². The number of carbonyl (C=O) groups is 1. The summed E-state index contributed by atoms with van der Waals surface area (Å²) in [7, 11) is 0. The minimum Gasteiger partial charge on any atom is -0.393 e. The molecule has 98 valence electrons. The van der Waals surface area contributed by atoms with E-state index in [-0.39, 0.29) is 23.3 Å². The molecule has 0 bridgehead atoms. The van der Waals surface area contributed by atoms with Gasteiger partial charge in [-0.25, -0.2) is 0 Å². The van der Waals surface area contributed by atoms with Gasteiger partial charge in [-0.15, -0.1) is 0 Å². The molecule has 17 heavy (non-hydrogen) atoms. The highest BCUT2D eigenvalue weighted by Gasteiger charge is 2.36. The first-order chi connectivity index (χ1) is 8.12. The Morgan fingerprint density at radius 1 is 1.24 bits per heavy atom. The van der Waals surface area contributed by atoms with Gasteiger partial charge in [0.2, 0.25) is 5.91 Å². The van der Waals surface area contributed by atoms with Crippen LogP contribution in [0.5, 0.6) is 0 Å². The Labute approximate surface area is 104 Å². The lowest BCUT2D eigenvalue weighted by Crippen LogP contribution is -2.42. The van der Waals surface area contributed by atoms with Crippen molar-refractivity contribution >= 4 is 5.91 Å². The Balaban J connectivity index is 1.79. The highest BCUT2D eigenvalue weighted by molar-refractivity contribution is 5.82. The van der Waals surface area contributed by atoms with E-state index in [0.717, 1.165) is 32.1 Å². The number of hydrogen-bond acceptors (Lipinski definition) is 2. The van der Waals surface area contributed by atoms with Crippen LogP contribution in [0.15, 0.2) is 0 Å². The molecule has 2 rings (SSSR count). The molecule has 0 aromatic heterocycles. The van der Waals surface area contributed by atoms with Crippen molar-refractivity contribution < 1.29 is 9.90 Å². The van der Waals surface area contributed by atoms with Gasteiger partial charge < -0.3 is 10.4 Å². The lowest BCUT2D eigenvalue weighted by atomic mass is 9.85. The number of carbonyl (C=O) groups excluding carboxylic acids is 1. The summed E-state index contributed by atoms with van der Waals surface area (Å²) >= 11 is 0. The van der Waals surface area contributed by atoms with Crippen LogP contribution in [0.4, 0.5) is 0 Å². The number of amides is 1. The summed E-state index contributed by atoms with van der Waals surface area (Å²) in [6, 6.07) is 0. The third kappa shape index (κ3) is 3.01. The average Bonchev–Trinajstić information content (AvgIpc) is 2.76.